The molecular formula is C24H24N2O7. The molecule has 0 aliphatic rings. The van der Waals surface area contributed by atoms with Gasteiger partial charge in [0.25, 0.3) is 5.91 Å². The Morgan fingerprint density at radius 2 is 1.45 bits per heavy atom. The number of rotatable bonds is 9. The topological polar surface area (TPSA) is 132 Å². The van der Waals surface area contributed by atoms with Gasteiger partial charge in [-0.3, -0.25) is 14.4 Å². The van der Waals surface area contributed by atoms with Crippen molar-refractivity contribution in [3.63, 3.8) is 0 Å². The average Bonchev–Trinajstić information content (AvgIpc) is 2.79. The van der Waals surface area contributed by atoms with E-state index in [1.165, 1.54) is 0 Å². The molecule has 0 radical (unpaired) electrons. The Balaban J connectivity index is 2.04. The lowest BCUT2D eigenvalue weighted by Crippen LogP contribution is -2.49. The molecule has 33 heavy (non-hydrogen) atoms. The molecule has 1 amide bonds. The van der Waals surface area contributed by atoms with E-state index < -0.39 is 42.2 Å². The fraction of sp³-hybridized carbons (Fsp3) is 0.292. The molecule has 3 aromatic rings. The van der Waals surface area contributed by atoms with Gasteiger partial charge in [0.1, 0.15) is 6.04 Å². The lowest BCUT2D eigenvalue weighted by Gasteiger charge is -2.23. The van der Waals surface area contributed by atoms with Crippen LogP contribution in [0.4, 0.5) is 0 Å². The molecule has 0 saturated carbocycles. The van der Waals surface area contributed by atoms with Crippen LogP contribution in [-0.4, -0.2) is 53.2 Å². The van der Waals surface area contributed by atoms with Crippen molar-refractivity contribution >= 4 is 45.6 Å². The molecule has 2 N–H and O–H groups in total. The summed E-state index contributed by atoms with van der Waals surface area (Å²) in [5.74, 6) is -5.34. The van der Waals surface area contributed by atoms with Gasteiger partial charge >= 0.3 is 17.9 Å². The highest BCUT2D eigenvalue weighted by molar-refractivity contribution is 6.16. The first kappa shape index (κ1) is 23.6. The van der Waals surface area contributed by atoms with Gasteiger partial charge < -0.3 is 19.9 Å². The SMILES string of the molecule is CCOC(=O)C[C@@H](C(=O)OCC)[C@H](NC(=O)c1c2ccccc2nc2ccccc12)C(=O)O. The van der Waals surface area contributed by atoms with Crippen LogP contribution in [0.2, 0.25) is 0 Å². The summed E-state index contributed by atoms with van der Waals surface area (Å²) in [7, 11) is 0. The number of nitrogens with zero attached hydrogens (tertiary/aromatic N) is 1. The molecule has 0 unspecified atom stereocenters. The number of amides is 1. The molecule has 1 heterocycles. The van der Waals surface area contributed by atoms with Crippen LogP contribution >= 0.6 is 0 Å². The van der Waals surface area contributed by atoms with E-state index in [-0.39, 0.29) is 18.8 Å². The quantitative estimate of drug-likeness (QED) is 0.374. The normalized spacial score (nSPS) is 12.7. The van der Waals surface area contributed by atoms with Gasteiger partial charge in [0.2, 0.25) is 0 Å². The van der Waals surface area contributed by atoms with Gasteiger partial charge in [-0.2, -0.15) is 0 Å². The Kier molecular flexibility index (Phi) is 7.55. The number of esters is 2. The third-order valence-corrected chi connectivity index (χ3v) is 5.05. The summed E-state index contributed by atoms with van der Waals surface area (Å²) < 4.78 is 9.85. The fourth-order valence-electron chi connectivity index (χ4n) is 3.62. The summed E-state index contributed by atoms with van der Waals surface area (Å²) in [6, 6.07) is 12.2. The number of ether oxygens (including phenoxy) is 2. The highest BCUT2D eigenvalue weighted by Gasteiger charge is 2.38. The van der Waals surface area contributed by atoms with E-state index in [1.54, 1.807) is 62.4 Å². The molecule has 0 aliphatic carbocycles. The Hall–Kier alpha value is -4.01. The van der Waals surface area contributed by atoms with Crippen molar-refractivity contribution < 1.29 is 33.8 Å². The third kappa shape index (κ3) is 5.25. The molecule has 0 aliphatic heterocycles. The van der Waals surface area contributed by atoms with Gasteiger partial charge in [-0.05, 0) is 26.0 Å². The summed E-state index contributed by atoms with van der Waals surface area (Å²) in [5.41, 5.74) is 1.34. The number of carboxylic acids is 1. The van der Waals surface area contributed by atoms with E-state index in [2.05, 4.69) is 10.3 Å². The number of carbonyl (C=O) groups excluding carboxylic acids is 3. The van der Waals surface area contributed by atoms with Gasteiger partial charge in [-0.25, -0.2) is 9.78 Å². The van der Waals surface area contributed by atoms with Crippen molar-refractivity contribution in [1.29, 1.82) is 0 Å². The first-order valence-corrected chi connectivity index (χ1v) is 10.5. The van der Waals surface area contributed by atoms with Gasteiger partial charge in [-0.15, -0.1) is 0 Å². The monoisotopic (exact) mass is 452 g/mol. The second-order valence-electron chi connectivity index (χ2n) is 7.18. The van der Waals surface area contributed by atoms with Crippen LogP contribution in [0.25, 0.3) is 21.8 Å². The largest absolute Gasteiger partial charge is 0.480 e. The maximum atomic E-state index is 13.4. The second kappa shape index (κ2) is 10.5. The van der Waals surface area contributed by atoms with Crippen LogP contribution in [0.3, 0.4) is 0 Å². The van der Waals surface area contributed by atoms with Crippen molar-refractivity contribution in [2.75, 3.05) is 13.2 Å². The van der Waals surface area contributed by atoms with Crippen LogP contribution in [-0.2, 0) is 23.9 Å². The minimum absolute atomic E-state index is 0.0158. The molecule has 172 valence electrons. The maximum Gasteiger partial charge on any atom is 0.327 e. The number of para-hydroxylation sites is 2. The van der Waals surface area contributed by atoms with Gasteiger partial charge in [0.05, 0.1) is 42.1 Å². The smallest absolute Gasteiger partial charge is 0.327 e. The van der Waals surface area contributed by atoms with Crippen molar-refractivity contribution in [2.45, 2.75) is 26.3 Å². The number of aliphatic carboxylic acids is 1. The molecule has 9 heteroatoms. The van der Waals surface area contributed by atoms with Gasteiger partial charge in [0, 0.05) is 10.8 Å². The average molecular weight is 452 g/mol. The summed E-state index contributed by atoms with van der Waals surface area (Å²) in [4.78, 5) is 54.6. The third-order valence-electron chi connectivity index (χ3n) is 5.05. The Bertz CT molecular complexity index is 1150. The molecule has 2 aromatic carbocycles. The minimum atomic E-state index is -1.72. The van der Waals surface area contributed by atoms with Crippen molar-refractivity contribution in [1.82, 2.24) is 10.3 Å². The van der Waals surface area contributed by atoms with Crippen LogP contribution in [0.5, 0.6) is 0 Å². The van der Waals surface area contributed by atoms with Crippen molar-refractivity contribution in [2.24, 2.45) is 5.92 Å². The Labute approximate surface area is 189 Å². The predicted octanol–water partition coefficient (Wildman–Crippen LogP) is 2.70. The van der Waals surface area contributed by atoms with Gasteiger partial charge in [-0.1, -0.05) is 36.4 Å². The maximum absolute atomic E-state index is 13.4. The van der Waals surface area contributed by atoms with Crippen LogP contribution < -0.4 is 5.32 Å². The molecular weight excluding hydrogens is 428 g/mol. The number of hydrogen-bond acceptors (Lipinski definition) is 7. The zero-order chi connectivity index (χ0) is 24.0. The first-order chi connectivity index (χ1) is 15.9. The van der Waals surface area contributed by atoms with Crippen LogP contribution in [0.15, 0.2) is 48.5 Å². The van der Waals surface area contributed by atoms with Crippen LogP contribution in [0.1, 0.15) is 30.6 Å². The Morgan fingerprint density at radius 1 is 0.909 bits per heavy atom. The summed E-state index contributed by atoms with van der Waals surface area (Å²) in [6.45, 7) is 3.20. The van der Waals surface area contributed by atoms with Crippen LogP contribution in [0, 0.1) is 5.92 Å². The summed E-state index contributed by atoms with van der Waals surface area (Å²) >= 11 is 0. The molecule has 1 aromatic heterocycles. The van der Waals surface area contributed by atoms with E-state index in [0.29, 0.717) is 21.8 Å². The lowest BCUT2D eigenvalue weighted by molar-refractivity contribution is -0.159. The number of carboxylic acid groups (broad SMARTS) is 1. The van der Waals surface area contributed by atoms with E-state index >= 15 is 0 Å². The number of hydrogen-bond donors (Lipinski definition) is 2. The molecule has 9 nitrogen and oxygen atoms in total. The van der Waals surface area contributed by atoms with E-state index in [0.717, 1.165) is 0 Å². The van der Waals surface area contributed by atoms with Crippen molar-refractivity contribution in [3.8, 4) is 0 Å². The van der Waals surface area contributed by atoms with Gasteiger partial charge in [0.15, 0.2) is 0 Å². The molecule has 0 bridgehead atoms. The zero-order valence-corrected chi connectivity index (χ0v) is 18.2. The molecule has 0 spiro atoms. The Morgan fingerprint density at radius 3 is 1.97 bits per heavy atom. The van der Waals surface area contributed by atoms with E-state index in [4.69, 9.17) is 9.47 Å². The fourth-order valence-corrected chi connectivity index (χ4v) is 3.62. The summed E-state index contributed by atoms with van der Waals surface area (Å²) in [5, 5.41) is 13.3. The van der Waals surface area contributed by atoms with Crippen molar-refractivity contribution in [3.05, 3.63) is 54.1 Å². The number of carbonyl (C=O) groups is 4. The predicted molar refractivity (Wildman–Crippen MR) is 120 cm³/mol. The highest BCUT2D eigenvalue weighted by atomic mass is 16.5. The summed E-state index contributed by atoms with van der Waals surface area (Å²) in [6.07, 6.45) is -0.554. The zero-order valence-electron chi connectivity index (χ0n) is 18.2. The standard InChI is InChI=1S/C24H24N2O7/c1-3-32-19(27)13-16(24(31)33-4-2)21(23(29)30)26-22(28)20-14-9-5-7-11-17(14)25-18-12-8-6-10-15(18)20/h5-12,16,21H,3-4,13H2,1-2H3,(H,26,28)(H,29,30)/t16-,21+/m1/s1. The van der Waals surface area contributed by atoms with E-state index in [1.807, 2.05) is 0 Å². The number of pyridine rings is 1. The minimum Gasteiger partial charge on any atom is -0.480 e. The van der Waals surface area contributed by atoms with E-state index in [9.17, 15) is 24.3 Å². The molecule has 3 rings (SSSR count). The number of aromatic nitrogens is 1. The highest BCUT2D eigenvalue weighted by Crippen LogP contribution is 2.26. The molecule has 2 atom stereocenters. The molecule has 0 saturated heterocycles. The number of benzene rings is 2. The second-order valence-corrected chi connectivity index (χ2v) is 7.18. The lowest BCUT2D eigenvalue weighted by atomic mass is 9.94. The number of nitrogens with one attached hydrogen (secondary N) is 1. The number of fused-ring (bicyclic) bond motifs is 2. The first-order valence-electron chi connectivity index (χ1n) is 10.5. The molecule has 0 fully saturated rings.